The van der Waals surface area contributed by atoms with E-state index >= 15 is 0 Å². The van der Waals surface area contributed by atoms with E-state index < -0.39 is 6.10 Å². The van der Waals surface area contributed by atoms with Crippen LogP contribution >= 0.6 is 0 Å². The summed E-state index contributed by atoms with van der Waals surface area (Å²) in [4.78, 5) is 2.36. The minimum Gasteiger partial charge on any atom is -0.389 e. The van der Waals surface area contributed by atoms with E-state index in [9.17, 15) is 5.11 Å². The van der Waals surface area contributed by atoms with Crippen LogP contribution in [0.15, 0.2) is 24.3 Å². The zero-order chi connectivity index (χ0) is 17.7. The second-order valence-electron chi connectivity index (χ2n) is 9.34. The van der Waals surface area contributed by atoms with Gasteiger partial charge < -0.3 is 9.84 Å². The Morgan fingerprint density at radius 2 is 2.00 bits per heavy atom. The maximum Gasteiger partial charge on any atom is 0.0900 e. The number of hydrogen-bond donors (Lipinski definition) is 1. The molecule has 1 N–H and O–H groups in total. The maximum absolute atomic E-state index is 10.5. The SMILES string of the molecule is CC1(C)[C@H]2CC[C@@]1(C)[C@H](OC[C@@H](O)CN1CCc3ccccc3C1)C2. The van der Waals surface area contributed by atoms with Crippen molar-refractivity contribution in [2.45, 2.75) is 65.2 Å². The second kappa shape index (κ2) is 6.37. The van der Waals surface area contributed by atoms with Gasteiger partial charge in [0.15, 0.2) is 0 Å². The molecule has 25 heavy (non-hydrogen) atoms. The molecule has 1 heterocycles. The van der Waals surface area contributed by atoms with Gasteiger partial charge in [-0.05, 0) is 53.6 Å². The predicted molar refractivity (Wildman–Crippen MR) is 100 cm³/mol. The third kappa shape index (κ3) is 2.94. The summed E-state index contributed by atoms with van der Waals surface area (Å²) in [5, 5.41) is 10.5. The first-order valence-corrected chi connectivity index (χ1v) is 9.99. The van der Waals surface area contributed by atoms with Crippen molar-refractivity contribution in [3.63, 3.8) is 0 Å². The molecule has 0 spiro atoms. The Morgan fingerprint density at radius 3 is 2.68 bits per heavy atom. The first kappa shape index (κ1) is 17.5. The van der Waals surface area contributed by atoms with Gasteiger partial charge in [-0.15, -0.1) is 0 Å². The van der Waals surface area contributed by atoms with Crippen LogP contribution < -0.4 is 0 Å². The van der Waals surface area contributed by atoms with Crippen LogP contribution in [-0.2, 0) is 17.7 Å². The number of aliphatic hydroxyl groups excluding tert-OH is 1. The van der Waals surface area contributed by atoms with Gasteiger partial charge in [-0.3, -0.25) is 4.90 Å². The van der Waals surface area contributed by atoms with Gasteiger partial charge in [0.2, 0.25) is 0 Å². The number of aliphatic hydroxyl groups is 1. The Hall–Kier alpha value is -0.900. The number of fused-ring (bicyclic) bond motifs is 3. The van der Waals surface area contributed by atoms with Crippen molar-refractivity contribution in [1.82, 2.24) is 4.90 Å². The van der Waals surface area contributed by atoms with Crippen LogP contribution in [0.2, 0.25) is 0 Å². The molecule has 3 heteroatoms. The van der Waals surface area contributed by atoms with E-state index in [2.05, 4.69) is 49.9 Å². The highest BCUT2D eigenvalue weighted by atomic mass is 16.5. The van der Waals surface area contributed by atoms with Crippen molar-refractivity contribution >= 4 is 0 Å². The summed E-state index contributed by atoms with van der Waals surface area (Å²) in [7, 11) is 0. The van der Waals surface area contributed by atoms with Crippen LogP contribution in [0.5, 0.6) is 0 Å². The molecule has 2 saturated carbocycles. The third-order valence-electron chi connectivity index (χ3n) is 7.88. The Labute approximate surface area is 152 Å². The van der Waals surface area contributed by atoms with E-state index in [-0.39, 0.29) is 5.41 Å². The maximum atomic E-state index is 10.5. The van der Waals surface area contributed by atoms with Crippen molar-refractivity contribution in [3.8, 4) is 0 Å². The second-order valence-corrected chi connectivity index (χ2v) is 9.34. The molecule has 1 aromatic rings. The van der Waals surface area contributed by atoms with E-state index in [0.717, 1.165) is 25.4 Å². The van der Waals surface area contributed by atoms with Gasteiger partial charge in [0.25, 0.3) is 0 Å². The smallest absolute Gasteiger partial charge is 0.0900 e. The van der Waals surface area contributed by atoms with E-state index in [0.29, 0.717) is 24.7 Å². The number of β-amino-alcohol motifs (C(OH)–C–C–N with tert-alkyl or cyclic N) is 1. The summed E-state index contributed by atoms with van der Waals surface area (Å²) in [5.74, 6) is 0.790. The summed E-state index contributed by atoms with van der Waals surface area (Å²) in [6.07, 6.45) is 4.80. The average molecular weight is 344 g/mol. The topological polar surface area (TPSA) is 32.7 Å². The fourth-order valence-corrected chi connectivity index (χ4v) is 5.67. The van der Waals surface area contributed by atoms with E-state index in [1.165, 1.54) is 30.4 Å². The normalized spacial score (nSPS) is 34.9. The molecule has 3 nitrogen and oxygen atoms in total. The molecule has 2 aliphatic carbocycles. The number of benzene rings is 1. The van der Waals surface area contributed by atoms with E-state index in [4.69, 9.17) is 4.74 Å². The fraction of sp³-hybridized carbons (Fsp3) is 0.727. The lowest BCUT2D eigenvalue weighted by Crippen LogP contribution is -2.41. The van der Waals surface area contributed by atoms with Crippen LogP contribution in [-0.4, -0.2) is 41.9 Å². The molecule has 0 saturated heterocycles. The summed E-state index contributed by atoms with van der Waals surface area (Å²) in [6.45, 7) is 10.4. The van der Waals surface area contributed by atoms with E-state index in [1.807, 2.05) is 0 Å². The minimum atomic E-state index is -0.392. The molecular formula is C22H33NO2. The first-order valence-electron chi connectivity index (χ1n) is 9.99. The van der Waals surface area contributed by atoms with Crippen molar-refractivity contribution < 1.29 is 9.84 Å². The van der Waals surface area contributed by atoms with Crippen LogP contribution in [0.25, 0.3) is 0 Å². The Kier molecular flexibility index (Phi) is 4.46. The largest absolute Gasteiger partial charge is 0.389 e. The van der Waals surface area contributed by atoms with E-state index in [1.54, 1.807) is 0 Å². The molecule has 0 unspecified atom stereocenters. The molecule has 2 fully saturated rings. The Bertz CT molecular complexity index is 628. The number of ether oxygens (including phenoxy) is 1. The van der Waals surface area contributed by atoms with Gasteiger partial charge in [-0.25, -0.2) is 0 Å². The molecular weight excluding hydrogens is 310 g/mol. The fourth-order valence-electron chi connectivity index (χ4n) is 5.67. The minimum absolute atomic E-state index is 0.279. The standard InChI is InChI=1S/C22H33NO2/c1-21(2)18-8-10-22(21,3)20(12-18)25-15-19(24)14-23-11-9-16-6-4-5-7-17(16)13-23/h4-7,18-20,24H,8-15H2,1-3H3/t18-,19-,20+,22-/m0/s1. The lowest BCUT2D eigenvalue weighted by molar-refractivity contribution is -0.0798. The van der Waals surface area contributed by atoms with Gasteiger partial charge >= 0.3 is 0 Å². The third-order valence-corrected chi connectivity index (χ3v) is 7.88. The molecule has 4 atom stereocenters. The van der Waals surface area contributed by atoms with Gasteiger partial charge in [0.05, 0.1) is 18.8 Å². The highest BCUT2D eigenvalue weighted by Crippen LogP contribution is 2.66. The number of hydrogen-bond acceptors (Lipinski definition) is 3. The molecule has 138 valence electrons. The Balaban J connectivity index is 1.29. The molecule has 2 bridgehead atoms. The number of nitrogens with zero attached hydrogens (tertiary/aromatic N) is 1. The summed E-state index contributed by atoms with van der Waals surface area (Å²) in [6, 6.07) is 8.67. The lowest BCUT2D eigenvalue weighted by Gasteiger charge is -2.39. The van der Waals surface area contributed by atoms with Crippen molar-refractivity contribution in [2.24, 2.45) is 16.7 Å². The molecule has 0 radical (unpaired) electrons. The monoisotopic (exact) mass is 343 g/mol. The average Bonchev–Trinajstić information content (AvgIpc) is 2.93. The van der Waals surface area contributed by atoms with Crippen molar-refractivity contribution in [1.29, 1.82) is 0 Å². The summed E-state index contributed by atoms with van der Waals surface area (Å²) >= 11 is 0. The lowest BCUT2D eigenvalue weighted by atomic mass is 9.70. The molecule has 1 aromatic carbocycles. The predicted octanol–water partition coefficient (Wildman–Crippen LogP) is 3.64. The Morgan fingerprint density at radius 1 is 1.24 bits per heavy atom. The molecule has 0 amide bonds. The highest BCUT2D eigenvalue weighted by Gasteiger charge is 2.61. The first-order chi connectivity index (χ1) is 11.9. The molecule has 0 aromatic heterocycles. The number of rotatable bonds is 5. The zero-order valence-electron chi connectivity index (χ0n) is 16.0. The molecule has 1 aliphatic heterocycles. The summed E-state index contributed by atoms with van der Waals surface area (Å²) in [5.41, 5.74) is 3.52. The van der Waals surface area contributed by atoms with Gasteiger partial charge in [-0.2, -0.15) is 0 Å². The van der Waals surface area contributed by atoms with Gasteiger partial charge in [-0.1, -0.05) is 45.0 Å². The van der Waals surface area contributed by atoms with Crippen molar-refractivity contribution in [3.05, 3.63) is 35.4 Å². The van der Waals surface area contributed by atoms with Gasteiger partial charge in [0.1, 0.15) is 0 Å². The van der Waals surface area contributed by atoms with Gasteiger partial charge in [0, 0.05) is 19.6 Å². The molecule has 4 rings (SSSR count). The highest BCUT2D eigenvalue weighted by molar-refractivity contribution is 5.29. The molecule has 3 aliphatic rings. The zero-order valence-corrected chi connectivity index (χ0v) is 16.0. The van der Waals surface area contributed by atoms with Crippen LogP contribution in [0.3, 0.4) is 0 Å². The quantitative estimate of drug-likeness (QED) is 0.886. The van der Waals surface area contributed by atoms with Crippen molar-refractivity contribution in [2.75, 3.05) is 19.7 Å². The van der Waals surface area contributed by atoms with Crippen LogP contribution in [0.1, 0.15) is 51.2 Å². The summed E-state index contributed by atoms with van der Waals surface area (Å²) < 4.78 is 6.27. The van der Waals surface area contributed by atoms with Crippen LogP contribution in [0, 0.1) is 16.7 Å². The van der Waals surface area contributed by atoms with Crippen LogP contribution in [0.4, 0.5) is 0 Å².